The van der Waals surface area contributed by atoms with Crippen LogP contribution in [0.4, 0.5) is 0 Å². The Kier molecular flexibility index (Phi) is 4.88. The molecule has 2 nitrogen and oxygen atoms in total. The maximum atomic E-state index is 11.1. The highest BCUT2D eigenvalue weighted by Gasteiger charge is 2.39. The molecule has 0 aliphatic heterocycles. The average molecular weight is 282 g/mol. The molecule has 19 heavy (non-hydrogen) atoms. The Morgan fingerprint density at radius 3 is 2.42 bits per heavy atom. The number of halogens is 1. The molecular formula is C16H24ClNO. The van der Waals surface area contributed by atoms with Crippen LogP contribution in [0.2, 0.25) is 5.02 Å². The fraction of sp³-hybridized carbons (Fsp3) is 0.625. The van der Waals surface area contributed by atoms with Crippen LogP contribution in [0.15, 0.2) is 24.3 Å². The molecule has 0 spiro atoms. The summed E-state index contributed by atoms with van der Waals surface area (Å²) in [6.45, 7) is 0.834. The van der Waals surface area contributed by atoms with Gasteiger partial charge in [0.15, 0.2) is 0 Å². The molecule has 3 heteroatoms. The summed E-state index contributed by atoms with van der Waals surface area (Å²) < 4.78 is 0. The second kappa shape index (κ2) is 6.25. The van der Waals surface area contributed by atoms with Crippen LogP contribution >= 0.6 is 11.6 Å². The van der Waals surface area contributed by atoms with Crippen molar-refractivity contribution in [3.8, 4) is 0 Å². The number of hydrogen-bond donors (Lipinski definition) is 1. The minimum Gasteiger partial charge on any atom is -0.389 e. The Hall–Kier alpha value is -0.570. The van der Waals surface area contributed by atoms with Gasteiger partial charge in [-0.2, -0.15) is 0 Å². The van der Waals surface area contributed by atoms with Crippen LogP contribution in [-0.2, 0) is 0 Å². The van der Waals surface area contributed by atoms with E-state index in [1.807, 2.05) is 18.2 Å². The van der Waals surface area contributed by atoms with E-state index in [1.165, 1.54) is 6.42 Å². The monoisotopic (exact) mass is 281 g/mol. The van der Waals surface area contributed by atoms with Crippen molar-refractivity contribution >= 4 is 11.6 Å². The number of likely N-dealkylation sites (N-methyl/N-ethyl adjacent to an activating group) is 1. The van der Waals surface area contributed by atoms with E-state index in [0.717, 1.165) is 42.8 Å². The van der Waals surface area contributed by atoms with Gasteiger partial charge in [0.2, 0.25) is 0 Å². The molecule has 0 unspecified atom stereocenters. The van der Waals surface area contributed by atoms with Gasteiger partial charge in [-0.1, -0.05) is 49.1 Å². The highest BCUT2D eigenvalue weighted by molar-refractivity contribution is 6.31. The lowest BCUT2D eigenvalue weighted by Gasteiger charge is -2.41. The van der Waals surface area contributed by atoms with Gasteiger partial charge in [0.1, 0.15) is 0 Å². The number of benzene rings is 1. The van der Waals surface area contributed by atoms with Gasteiger partial charge >= 0.3 is 0 Å². The molecule has 0 radical (unpaired) electrons. The molecule has 1 atom stereocenters. The van der Waals surface area contributed by atoms with E-state index in [2.05, 4.69) is 25.1 Å². The second-order valence-electron chi connectivity index (χ2n) is 6.00. The highest BCUT2D eigenvalue weighted by atomic mass is 35.5. The normalized spacial score (nSPS) is 20.5. The average Bonchev–Trinajstić information content (AvgIpc) is 2.37. The van der Waals surface area contributed by atoms with Crippen LogP contribution in [0.25, 0.3) is 0 Å². The molecule has 1 N–H and O–H groups in total. The number of aliphatic hydroxyl groups is 1. The van der Waals surface area contributed by atoms with Crippen molar-refractivity contribution in [3.05, 3.63) is 34.9 Å². The standard InChI is InChI=1S/C16H24ClNO/c1-18(2)12-14(13-8-4-5-9-15(13)17)16(19)10-6-3-7-11-16/h4-5,8-9,14,19H,3,6-7,10-12H2,1-2H3/t14-/m0/s1. The molecule has 1 saturated carbocycles. The molecule has 0 heterocycles. The van der Waals surface area contributed by atoms with E-state index in [1.54, 1.807) is 0 Å². The Morgan fingerprint density at radius 2 is 1.84 bits per heavy atom. The van der Waals surface area contributed by atoms with Crippen LogP contribution in [0.5, 0.6) is 0 Å². The van der Waals surface area contributed by atoms with Gasteiger partial charge < -0.3 is 10.0 Å². The van der Waals surface area contributed by atoms with Crippen LogP contribution < -0.4 is 0 Å². The SMILES string of the molecule is CN(C)C[C@@H](c1ccccc1Cl)C1(O)CCCCC1. The quantitative estimate of drug-likeness (QED) is 0.910. The molecule has 1 fully saturated rings. The molecule has 106 valence electrons. The van der Waals surface area contributed by atoms with Crippen molar-refractivity contribution in [3.63, 3.8) is 0 Å². The summed E-state index contributed by atoms with van der Waals surface area (Å²) in [5, 5.41) is 11.8. The minimum atomic E-state index is -0.604. The largest absolute Gasteiger partial charge is 0.389 e. The zero-order chi connectivity index (χ0) is 13.9. The summed E-state index contributed by atoms with van der Waals surface area (Å²) in [5.41, 5.74) is 0.482. The maximum Gasteiger partial charge on any atom is 0.0728 e. The van der Waals surface area contributed by atoms with Crippen molar-refractivity contribution in [1.29, 1.82) is 0 Å². The van der Waals surface area contributed by atoms with Gasteiger partial charge in [-0.3, -0.25) is 0 Å². The summed E-state index contributed by atoms with van der Waals surface area (Å²) in [7, 11) is 4.10. The lowest BCUT2D eigenvalue weighted by Crippen LogP contribution is -2.43. The van der Waals surface area contributed by atoms with Crippen molar-refractivity contribution in [2.45, 2.75) is 43.6 Å². The first kappa shape index (κ1) is 14.8. The highest BCUT2D eigenvalue weighted by Crippen LogP contribution is 2.42. The lowest BCUT2D eigenvalue weighted by molar-refractivity contribution is -0.0277. The molecule has 2 rings (SSSR count). The van der Waals surface area contributed by atoms with Gasteiger partial charge in [-0.05, 0) is 38.6 Å². The first-order chi connectivity index (χ1) is 9.03. The molecule has 0 aromatic heterocycles. The van der Waals surface area contributed by atoms with Gasteiger partial charge in [0.05, 0.1) is 5.60 Å². The molecule has 0 saturated heterocycles. The van der Waals surface area contributed by atoms with E-state index < -0.39 is 5.60 Å². The minimum absolute atomic E-state index is 0.0940. The third kappa shape index (κ3) is 3.50. The van der Waals surface area contributed by atoms with Gasteiger partial charge in [-0.25, -0.2) is 0 Å². The maximum absolute atomic E-state index is 11.1. The van der Waals surface area contributed by atoms with Crippen LogP contribution in [0.1, 0.15) is 43.6 Å². The van der Waals surface area contributed by atoms with E-state index in [9.17, 15) is 5.11 Å². The van der Waals surface area contributed by atoms with Crippen molar-refractivity contribution < 1.29 is 5.11 Å². The third-order valence-corrected chi connectivity index (χ3v) is 4.54. The predicted octanol–water partition coefficient (Wildman–Crippen LogP) is 3.68. The molecular weight excluding hydrogens is 258 g/mol. The van der Waals surface area contributed by atoms with E-state index in [4.69, 9.17) is 11.6 Å². The van der Waals surface area contributed by atoms with Crippen LogP contribution in [-0.4, -0.2) is 36.2 Å². The van der Waals surface area contributed by atoms with Gasteiger partial charge in [0.25, 0.3) is 0 Å². The Labute approximate surface area is 121 Å². The Morgan fingerprint density at radius 1 is 1.21 bits per heavy atom. The molecule has 0 amide bonds. The molecule has 1 aliphatic carbocycles. The van der Waals surface area contributed by atoms with Gasteiger partial charge in [0, 0.05) is 17.5 Å². The Bertz CT molecular complexity index is 413. The van der Waals surface area contributed by atoms with Crippen molar-refractivity contribution in [2.24, 2.45) is 0 Å². The zero-order valence-electron chi connectivity index (χ0n) is 11.9. The van der Waals surface area contributed by atoms with Crippen molar-refractivity contribution in [1.82, 2.24) is 4.90 Å². The molecule has 0 bridgehead atoms. The summed E-state index contributed by atoms with van der Waals surface area (Å²) in [6.07, 6.45) is 5.24. The van der Waals surface area contributed by atoms with Crippen LogP contribution in [0.3, 0.4) is 0 Å². The predicted molar refractivity (Wildman–Crippen MR) is 80.8 cm³/mol. The molecule has 1 aromatic rings. The first-order valence-corrected chi connectivity index (χ1v) is 7.52. The number of nitrogens with zero attached hydrogens (tertiary/aromatic N) is 1. The smallest absolute Gasteiger partial charge is 0.0728 e. The fourth-order valence-electron chi connectivity index (χ4n) is 3.19. The lowest BCUT2D eigenvalue weighted by atomic mass is 9.72. The van der Waals surface area contributed by atoms with E-state index in [-0.39, 0.29) is 5.92 Å². The molecule has 1 aliphatic rings. The van der Waals surface area contributed by atoms with E-state index >= 15 is 0 Å². The number of rotatable bonds is 4. The van der Waals surface area contributed by atoms with Crippen LogP contribution in [0, 0.1) is 0 Å². The summed E-state index contributed by atoms with van der Waals surface area (Å²) in [4.78, 5) is 2.14. The third-order valence-electron chi connectivity index (χ3n) is 4.20. The summed E-state index contributed by atoms with van der Waals surface area (Å²) in [5.74, 6) is 0.0940. The van der Waals surface area contributed by atoms with Gasteiger partial charge in [-0.15, -0.1) is 0 Å². The summed E-state index contributed by atoms with van der Waals surface area (Å²) >= 11 is 6.35. The molecule has 1 aromatic carbocycles. The zero-order valence-corrected chi connectivity index (χ0v) is 12.7. The van der Waals surface area contributed by atoms with Crippen molar-refractivity contribution in [2.75, 3.05) is 20.6 Å². The summed E-state index contributed by atoms with van der Waals surface area (Å²) in [6, 6.07) is 7.94. The fourth-order valence-corrected chi connectivity index (χ4v) is 3.46. The van der Waals surface area contributed by atoms with E-state index in [0.29, 0.717) is 0 Å². The Balaban J connectivity index is 2.32. The second-order valence-corrected chi connectivity index (χ2v) is 6.41. The topological polar surface area (TPSA) is 23.5 Å². The first-order valence-electron chi connectivity index (χ1n) is 7.14. The number of hydrogen-bond acceptors (Lipinski definition) is 2.